The SMILES string of the molecule is COC(=O)c1ccc(NN)c(N)c1.Nc1ccc(O)c(C(=O)O)c1. The van der Waals surface area contributed by atoms with Crippen molar-refractivity contribution < 1.29 is 24.5 Å². The molecule has 0 aliphatic heterocycles. The summed E-state index contributed by atoms with van der Waals surface area (Å²) in [7, 11) is 1.31. The van der Waals surface area contributed by atoms with Gasteiger partial charge in [-0.05, 0) is 36.4 Å². The van der Waals surface area contributed by atoms with Crippen LogP contribution in [0.2, 0.25) is 0 Å². The van der Waals surface area contributed by atoms with Crippen LogP contribution in [0.5, 0.6) is 5.75 Å². The Labute approximate surface area is 137 Å². The van der Waals surface area contributed by atoms with Gasteiger partial charge in [-0.15, -0.1) is 0 Å². The second-order valence-electron chi connectivity index (χ2n) is 4.52. The number of carbonyl (C=O) groups excluding carboxylic acids is 1. The van der Waals surface area contributed by atoms with Crippen LogP contribution >= 0.6 is 0 Å². The lowest BCUT2D eigenvalue weighted by Gasteiger charge is -2.05. The van der Waals surface area contributed by atoms with Crippen molar-refractivity contribution in [3.63, 3.8) is 0 Å². The van der Waals surface area contributed by atoms with Crippen LogP contribution in [-0.2, 0) is 4.74 Å². The number of methoxy groups -OCH3 is 1. The first kappa shape index (κ1) is 18.6. The maximum absolute atomic E-state index is 11.0. The Morgan fingerprint density at radius 3 is 2.25 bits per heavy atom. The number of ether oxygens (including phenoxy) is 1. The van der Waals surface area contributed by atoms with Crippen molar-refractivity contribution in [2.75, 3.05) is 24.0 Å². The number of anilines is 3. The van der Waals surface area contributed by atoms with E-state index in [9.17, 15) is 9.59 Å². The van der Waals surface area contributed by atoms with Crippen molar-refractivity contribution in [2.24, 2.45) is 5.84 Å². The summed E-state index contributed by atoms with van der Waals surface area (Å²) in [5.41, 5.74) is 14.8. The maximum Gasteiger partial charge on any atom is 0.339 e. The van der Waals surface area contributed by atoms with Crippen molar-refractivity contribution >= 4 is 29.0 Å². The lowest BCUT2D eigenvalue weighted by molar-refractivity contribution is 0.0599. The second kappa shape index (κ2) is 8.25. The third kappa shape index (κ3) is 4.78. The van der Waals surface area contributed by atoms with E-state index in [1.165, 1.54) is 31.4 Å². The fourth-order valence-corrected chi connectivity index (χ4v) is 1.66. The summed E-state index contributed by atoms with van der Waals surface area (Å²) in [6, 6.07) is 8.58. The molecule has 0 amide bonds. The van der Waals surface area contributed by atoms with Crippen LogP contribution in [0.15, 0.2) is 36.4 Å². The molecular formula is C15H18N4O5. The number of esters is 1. The number of carbonyl (C=O) groups is 2. The lowest BCUT2D eigenvalue weighted by atomic mass is 10.2. The topological polar surface area (TPSA) is 174 Å². The highest BCUT2D eigenvalue weighted by atomic mass is 16.5. The van der Waals surface area contributed by atoms with Gasteiger partial charge in [0.25, 0.3) is 0 Å². The molecule has 0 fully saturated rings. The average molecular weight is 334 g/mol. The standard InChI is InChI=1S/C8H11N3O2.C7H7NO3/c1-13-8(12)5-2-3-7(11-10)6(9)4-5;8-4-1-2-6(9)5(3-4)7(10)11/h2-4,11H,9-10H2,1H3;1-3,9H,8H2,(H,10,11). The van der Waals surface area contributed by atoms with Gasteiger partial charge in [-0.2, -0.15) is 0 Å². The smallest absolute Gasteiger partial charge is 0.339 e. The molecule has 24 heavy (non-hydrogen) atoms. The summed E-state index contributed by atoms with van der Waals surface area (Å²) in [6.45, 7) is 0. The number of aromatic carboxylic acids is 1. The molecule has 9 nitrogen and oxygen atoms in total. The number of hydrogen-bond acceptors (Lipinski definition) is 8. The largest absolute Gasteiger partial charge is 0.507 e. The van der Waals surface area contributed by atoms with Gasteiger partial charge in [-0.1, -0.05) is 0 Å². The van der Waals surface area contributed by atoms with Gasteiger partial charge < -0.3 is 31.8 Å². The minimum absolute atomic E-state index is 0.176. The van der Waals surface area contributed by atoms with Gasteiger partial charge in [0.1, 0.15) is 11.3 Å². The molecule has 0 aliphatic carbocycles. The van der Waals surface area contributed by atoms with E-state index in [4.69, 9.17) is 27.5 Å². The molecular weight excluding hydrogens is 316 g/mol. The zero-order valence-corrected chi connectivity index (χ0v) is 12.8. The first-order chi connectivity index (χ1) is 11.3. The fourth-order valence-electron chi connectivity index (χ4n) is 1.66. The molecule has 0 saturated heterocycles. The minimum Gasteiger partial charge on any atom is -0.507 e. The second-order valence-corrected chi connectivity index (χ2v) is 4.52. The van der Waals surface area contributed by atoms with E-state index in [0.717, 1.165) is 0 Å². The number of hydrazine groups is 1. The van der Waals surface area contributed by atoms with Gasteiger partial charge in [0.05, 0.1) is 24.0 Å². The lowest BCUT2D eigenvalue weighted by Crippen LogP contribution is -2.10. The van der Waals surface area contributed by atoms with Gasteiger partial charge in [-0.3, -0.25) is 5.84 Å². The number of carboxylic acid groups (broad SMARTS) is 1. The van der Waals surface area contributed by atoms with Crippen LogP contribution in [0.1, 0.15) is 20.7 Å². The summed E-state index contributed by atoms with van der Waals surface area (Å²) < 4.78 is 4.52. The molecule has 0 spiro atoms. The number of carboxylic acids is 1. The van der Waals surface area contributed by atoms with Crippen molar-refractivity contribution in [1.82, 2.24) is 0 Å². The molecule has 2 aromatic rings. The predicted octanol–water partition coefficient (Wildman–Crippen LogP) is 1.01. The summed E-state index contributed by atoms with van der Waals surface area (Å²) in [5.74, 6) is 3.29. The summed E-state index contributed by atoms with van der Waals surface area (Å²) in [5, 5.41) is 17.4. The molecule has 9 heteroatoms. The van der Waals surface area contributed by atoms with Crippen molar-refractivity contribution in [3.05, 3.63) is 47.5 Å². The Kier molecular flexibility index (Phi) is 6.39. The van der Waals surface area contributed by atoms with Crippen LogP contribution in [0.25, 0.3) is 0 Å². The highest BCUT2D eigenvalue weighted by molar-refractivity contribution is 5.92. The van der Waals surface area contributed by atoms with Gasteiger partial charge in [0.2, 0.25) is 0 Å². The molecule has 0 saturated carbocycles. The molecule has 0 aromatic heterocycles. The van der Waals surface area contributed by atoms with E-state index < -0.39 is 11.9 Å². The van der Waals surface area contributed by atoms with Gasteiger partial charge >= 0.3 is 11.9 Å². The first-order valence-corrected chi connectivity index (χ1v) is 6.56. The third-order valence-electron chi connectivity index (χ3n) is 2.88. The number of benzene rings is 2. The van der Waals surface area contributed by atoms with Crippen LogP contribution < -0.4 is 22.7 Å². The molecule has 2 aromatic carbocycles. The first-order valence-electron chi connectivity index (χ1n) is 6.56. The Balaban J connectivity index is 0.000000243. The normalized spacial score (nSPS) is 9.42. The van der Waals surface area contributed by atoms with Crippen molar-refractivity contribution in [3.8, 4) is 5.75 Å². The summed E-state index contributed by atoms with van der Waals surface area (Å²) in [4.78, 5) is 21.4. The third-order valence-corrected chi connectivity index (χ3v) is 2.88. The number of aromatic hydroxyl groups is 1. The number of nitrogen functional groups attached to an aromatic ring is 3. The number of rotatable bonds is 3. The fraction of sp³-hybridized carbons (Fsp3) is 0.0667. The maximum atomic E-state index is 11.0. The molecule has 0 radical (unpaired) electrons. The molecule has 0 bridgehead atoms. The Morgan fingerprint density at radius 2 is 1.79 bits per heavy atom. The molecule has 0 atom stereocenters. The number of hydrogen-bond donors (Lipinski definition) is 6. The molecule has 128 valence electrons. The quantitative estimate of drug-likeness (QED) is 0.157. The summed E-state index contributed by atoms with van der Waals surface area (Å²) >= 11 is 0. The highest BCUT2D eigenvalue weighted by Gasteiger charge is 2.08. The molecule has 0 aliphatic rings. The molecule has 0 heterocycles. The Hall–Kier alpha value is -3.46. The summed E-state index contributed by atoms with van der Waals surface area (Å²) in [6.07, 6.45) is 0. The van der Waals surface area contributed by atoms with E-state index >= 15 is 0 Å². The van der Waals surface area contributed by atoms with Crippen molar-refractivity contribution in [2.45, 2.75) is 0 Å². The predicted molar refractivity (Wildman–Crippen MR) is 89.5 cm³/mol. The van der Waals surface area contributed by atoms with Crippen LogP contribution in [0.4, 0.5) is 17.1 Å². The van der Waals surface area contributed by atoms with E-state index in [1.54, 1.807) is 12.1 Å². The van der Waals surface area contributed by atoms with Crippen LogP contribution in [0.3, 0.4) is 0 Å². The van der Waals surface area contributed by atoms with Crippen LogP contribution in [0, 0.1) is 0 Å². The molecule has 9 N–H and O–H groups in total. The minimum atomic E-state index is -1.19. The Morgan fingerprint density at radius 1 is 1.12 bits per heavy atom. The van der Waals surface area contributed by atoms with Gasteiger partial charge in [0.15, 0.2) is 0 Å². The number of nitrogens with one attached hydrogen (secondary N) is 1. The zero-order chi connectivity index (χ0) is 18.3. The van der Waals surface area contributed by atoms with E-state index in [0.29, 0.717) is 22.6 Å². The molecule has 0 unspecified atom stereocenters. The van der Waals surface area contributed by atoms with E-state index in [-0.39, 0.29) is 11.3 Å². The zero-order valence-electron chi connectivity index (χ0n) is 12.8. The molecule has 2 rings (SSSR count). The van der Waals surface area contributed by atoms with E-state index in [1.807, 2.05) is 0 Å². The number of nitrogens with two attached hydrogens (primary N) is 3. The van der Waals surface area contributed by atoms with Gasteiger partial charge in [-0.25, -0.2) is 9.59 Å². The van der Waals surface area contributed by atoms with Crippen molar-refractivity contribution in [1.29, 1.82) is 0 Å². The monoisotopic (exact) mass is 334 g/mol. The Bertz CT molecular complexity index is 749. The average Bonchev–Trinajstić information content (AvgIpc) is 2.56. The van der Waals surface area contributed by atoms with E-state index in [2.05, 4.69) is 10.2 Å². The van der Waals surface area contributed by atoms with Gasteiger partial charge in [0, 0.05) is 5.69 Å². The van der Waals surface area contributed by atoms with Crippen LogP contribution in [-0.4, -0.2) is 29.3 Å². The number of phenols is 1. The highest BCUT2D eigenvalue weighted by Crippen LogP contribution is 2.19.